The van der Waals surface area contributed by atoms with Crippen molar-refractivity contribution in [2.75, 3.05) is 11.9 Å². The van der Waals surface area contributed by atoms with Gasteiger partial charge in [0.15, 0.2) is 6.61 Å². The van der Waals surface area contributed by atoms with Crippen LogP contribution in [-0.2, 0) is 23.9 Å². The summed E-state index contributed by atoms with van der Waals surface area (Å²) in [6.45, 7) is 2.99. The molecule has 8 nitrogen and oxygen atoms in total. The molecule has 1 aliphatic heterocycles. The van der Waals surface area contributed by atoms with Crippen molar-refractivity contribution < 1.29 is 28.7 Å². The van der Waals surface area contributed by atoms with E-state index in [-0.39, 0.29) is 29.6 Å². The predicted octanol–water partition coefficient (Wildman–Crippen LogP) is 3.79. The molecule has 1 heterocycles. The van der Waals surface area contributed by atoms with E-state index in [1.165, 1.54) is 0 Å². The summed E-state index contributed by atoms with van der Waals surface area (Å²) in [6.07, 6.45) is 4.83. The molecule has 5 atom stereocenters. The van der Waals surface area contributed by atoms with Gasteiger partial charge in [-0.1, -0.05) is 44.2 Å². The molecule has 2 aromatic carbocycles. The molecule has 1 N–H and O–H groups in total. The SMILES string of the molecule is CC(C)[C@@H](C(=O)OCC(=O)Nc1ccc(Oc2ccccc2)cc1)N1C(=O)[C@@H]2[C@H](C1=O)[C@H]1C=C[C@H]2C1. The van der Waals surface area contributed by atoms with Crippen molar-refractivity contribution in [3.63, 3.8) is 0 Å². The van der Waals surface area contributed by atoms with Crippen LogP contribution in [-0.4, -0.2) is 41.2 Å². The number of ether oxygens (including phenoxy) is 2. The molecule has 36 heavy (non-hydrogen) atoms. The number of benzene rings is 2. The van der Waals surface area contributed by atoms with Crippen LogP contribution in [0.3, 0.4) is 0 Å². The van der Waals surface area contributed by atoms with E-state index in [4.69, 9.17) is 9.47 Å². The van der Waals surface area contributed by atoms with Gasteiger partial charge in [0.2, 0.25) is 11.8 Å². The number of amides is 3. The molecule has 1 saturated carbocycles. The zero-order valence-electron chi connectivity index (χ0n) is 20.1. The van der Waals surface area contributed by atoms with Gasteiger partial charge in [-0.3, -0.25) is 19.3 Å². The lowest BCUT2D eigenvalue weighted by molar-refractivity contribution is -0.162. The molecular formula is C28H28N2O6. The lowest BCUT2D eigenvalue weighted by Crippen LogP contribution is -2.50. The second-order valence-corrected chi connectivity index (χ2v) is 9.83. The van der Waals surface area contributed by atoms with E-state index in [1.54, 1.807) is 38.1 Å². The fourth-order valence-electron chi connectivity index (χ4n) is 5.53. The van der Waals surface area contributed by atoms with E-state index in [0.29, 0.717) is 17.2 Å². The number of carbonyl (C=O) groups is 4. The number of para-hydroxylation sites is 1. The largest absolute Gasteiger partial charge is 0.457 e. The predicted molar refractivity (Wildman–Crippen MR) is 131 cm³/mol. The number of anilines is 1. The number of esters is 1. The number of fused-ring (bicyclic) bond motifs is 5. The van der Waals surface area contributed by atoms with Crippen molar-refractivity contribution >= 4 is 29.4 Å². The summed E-state index contributed by atoms with van der Waals surface area (Å²) in [5.74, 6) is -1.61. The van der Waals surface area contributed by atoms with Crippen LogP contribution >= 0.6 is 0 Å². The van der Waals surface area contributed by atoms with Crippen molar-refractivity contribution in [2.24, 2.45) is 29.6 Å². The first kappa shape index (κ1) is 23.8. The monoisotopic (exact) mass is 488 g/mol. The summed E-state index contributed by atoms with van der Waals surface area (Å²) in [5, 5.41) is 2.67. The van der Waals surface area contributed by atoms with Gasteiger partial charge in [-0.2, -0.15) is 0 Å². The zero-order valence-corrected chi connectivity index (χ0v) is 20.1. The van der Waals surface area contributed by atoms with Crippen LogP contribution in [0.2, 0.25) is 0 Å². The first-order chi connectivity index (χ1) is 17.3. The summed E-state index contributed by atoms with van der Waals surface area (Å²) in [6, 6.07) is 15.0. The number of likely N-dealkylation sites (tertiary alicyclic amines) is 1. The van der Waals surface area contributed by atoms with Crippen molar-refractivity contribution in [2.45, 2.75) is 26.3 Å². The zero-order chi connectivity index (χ0) is 25.4. The van der Waals surface area contributed by atoms with Gasteiger partial charge in [-0.25, -0.2) is 4.79 Å². The Kier molecular flexibility index (Phi) is 6.35. The Morgan fingerprint density at radius 3 is 2.08 bits per heavy atom. The maximum atomic E-state index is 13.1. The molecule has 2 fully saturated rings. The number of hydrogen-bond donors (Lipinski definition) is 1. The number of imide groups is 1. The first-order valence-electron chi connectivity index (χ1n) is 12.2. The molecule has 0 unspecified atom stereocenters. The van der Waals surface area contributed by atoms with Crippen molar-refractivity contribution in [3.05, 3.63) is 66.7 Å². The van der Waals surface area contributed by atoms with Crippen LogP contribution in [0.25, 0.3) is 0 Å². The number of hydrogen-bond acceptors (Lipinski definition) is 6. The molecule has 3 aliphatic rings. The molecule has 0 aromatic heterocycles. The maximum absolute atomic E-state index is 13.1. The average molecular weight is 489 g/mol. The molecule has 186 valence electrons. The van der Waals surface area contributed by atoms with E-state index >= 15 is 0 Å². The second-order valence-electron chi connectivity index (χ2n) is 9.83. The Labute approximate surface area is 209 Å². The highest BCUT2D eigenvalue weighted by Gasteiger charge is 2.61. The maximum Gasteiger partial charge on any atom is 0.330 e. The van der Waals surface area contributed by atoms with Gasteiger partial charge in [0.25, 0.3) is 5.91 Å². The molecule has 8 heteroatoms. The Bertz CT molecular complexity index is 1180. The third kappa shape index (κ3) is 4.39. The number of allylic oxidation sites excluding steroid dienone is 2. The van der Waals surface area contributed by atoms with Gasteiger partial charge in [0.05, 0.1) is 11.8 Å². The summed E-state index contributed by atoms with van der Waals surface area (Å²) in [5.41, 5.74) is 0.512. The molecule has 3 amide bonds. The second kappa shape index (κ2) is 9.60. The molecule has 0 spiro atoms. The third-order valence-electron chi connectivity index (χ3n) is 7.12. The minimum Gasteiger partial charge on any atom is -0.457 e. The highest BCUT2D eigenvalue weighted by Crippen LogP contribution is 2.53. The van der Waals surface area contributed by atoms with Crippen LogP contribution in [0.4, 0.5) is 5.69 Å². The van der Waals surface area contributed by atoms with Gasteiger partial charge in [-0.05, 0) is 60.6 Å². The van der Waals surface area contributed by atoms with Crippen LogP contribution in [0.5, 0.6) is 11.5 Å². The van der Waals surface area contributed by atoms with E-state index in [9.17, 15) is 19.2 Å². The standard InChI is InChI=1S/C28H28N2O6/c1-16(2)25(30-26(32)23-17-8-9-18(14-17)24(23)27(30)33)28(34)35-15-22(31)29-19-10-12-21(13-11-19)36-20-6-4-3-5-7-20/h3-13,16-18,23-25H,14-15H2,1-2H3,(H,29,31)/t17-,18-,23-,24+,25-/m0/s1. The van der Waals surface area contributed by atoms with Crippen molar-refractivity contribution in [3.8, 4) is 11.5 Å². The highest BCUT2D eigenvalue weighted by molar-refractivity contribution is 6.09. The fraction of sp³-hybridized carbons (Fsp3) is 0.357. The van der Waals surface area contributed by atoms with Crippen LogP contribution in [0.15, 0.2) is 66.7 Å². The molecule has 2 aliphatic carbocycles. The average Bonchev–Trinajstić information content (AvgIpc) is 3.55. The lowest BCUT2D eigenvalue weighted by Gasteiger charge is -2.28. The number of nitrogens with one attached hydrogen (secondary N) is 1. The number of nitrogens with zero attached hydrogens (tertiary/aromatic N) is 1. The normalized spacial score (nSPS) is 24.7. The van der Waals surface area contributed by atoms with E-state index in [0.717, 1.165) is 11.3 Å². The highest BCUT2D eigenvalue weighted by atomic mass is 16.5. The number of carbonyl (C=O) groups excluding carboxylic acids is 4. The van der Waals surface area contributed by atoms with Gasteiger partial charge in [-0.15, -0.1) is 0 Å². The molecule has 5 rings (SSSR count). The van der Waals surface area contributed by atoms with Crippen LogP contribution < -0.4 is 10.1 Å². The van der Waals surface area contributed by atoms with Crippen LogP contribution in [0.1, 0.15) is 20.3 Å². The smallest absolute Gasteiger partial charge is 0.330 e. The summed E-state index contributed by atoms with van der Waals surface area (Å²) >= 11 is 0. The minimum absolute atomic E-state index is 0.0561. The summed E-state index contributed by atoms with van der Waals surface area (Å²) in [7, 11) is 0. The van der Waals surface area contributed by atoms with Gasteiger partial charge in [0, 0.05) is 5.69 Å². The van der Waals surface area contributed by atoms with E-state index < -0.39 is 36.4 Å². The summed E-state index contributed by atoms with van der Waals surface area (Å²) < 4.78 is 11.0. The topological polar surface area (TPSA) is 102 Å². The fourth-order valence-corrected chi connectivity index (χ4v) is 5.53. The Morgan fingerprint density at radius 2 is 1.50 bits per heavy atom. The van der Waals surface area contributed by atoms with Crippen molar-refractivity contribution in [1.82, 2.24) is 4.90 Å². The van der Waals surface area contributed by atoms with Crippen LogP contribution in [0, 0.1) is 29.6 Å². The van der Waals surface area contributed by atoms with Gasteiger partial charge in [0.1, 0.15) is 17.5 Å². The molecule has 2 bridgehead atoms. The van der Waals surface area contributed by atoms with Gasteiger partial charge < -0.3 is 14.8 Å². The molecule has 0 radical (unpaired) electrons. The molecule has 1 saturated heterocycles. The lowest BCUT2D eigenvalue weighted by atomic mass is 9.85. The van der Waals surface area contributed by atoms with E-state index in [1.807, 2.05) is 42.5 Å². The Hall–Kier alpha value is -3.94. The number of rotatable bonds is 8. The van der Waals surface area contributed by atoms with Crippen molar-refractivity contribution in [1.29, 1.82) is 0 Å². The van der Waals surface area contributed by atoms with E-state index in [2.05, 4.69) is 5.32 Å². The molecule has 2 aromatic rings. The quantitative estimate of drug-likeness (QED) is 0.345. The summed E-state index contributed by atoms with van der Waals surface area (Å²) in [4.78, 5) is 52.7. The Balaban J connectivity index is 1.17. The molecular weight excluding hydrogens is 460 g/mol. The Morgan fingerprint density at radius 1 is 0.917 bits per heavy atom. The third-order valence-corrected chi connectivity index (χ3v) is 7.12. The van der Waals surface area contributed by atoms with Gasteiger partial charge >= 0.3 is 5.97 Å². The minimum atomic E-state index is -1.06. The first-order valence-corrected chi connectivity index (χ1v) is 12.2.